The summed E-state index contributed by atoms with van der Waals surface area (Å²) in [6.07, 6.45) is 3.31. The van der Waals surface area contributed by atoms with Crippen molar-refractivity contribution in [3.63, 3.8) is 0 Å². The second kappa shape index (κ2) is 4.13. The molecule has 0 aromatic carbocycles. The number of rotatable bonds is 3. The maximum absolute atomic E-state index is 5.50. The molecule has 0 unspecified atom stereocenters. The van der Waals surface area contributed by atoms with Crippen molar-refractivity contribution in [1.29, 1.82) is 0 Å². The van der Waals surface area contributed by atoms with Gasteiger partial charge in [0, 0.05) is 6.04 Å². The van der Waals surface area contributed by atoms with E-state index < -0.39 is 0 Å². The Morgan fingerprint density at radius 3 is 2.14 bits per heavy atom. The molecule has 0 bridgehead atoms. The Kier molecular flexibility index (Phi) is 4.10. The zero-order valence-corrected chi connectivity index (χ0v) is 5.20. The van der Waals surface area contributed by atoms with E-state index in [1.807, 2.05) is 0 Å². The lowest BCUT2D eigenvalue weighted by Crippen LogP contribution is -2.06. The standard InChI is InChI=1S/C6H14N/c1-3-5-6(7)4-2/h3-5,7H2,1-2H3. The summed E-state index contributed by atoms with van der Waals surface area (Å²) in [4.78, 5) is 0. The van der Waals surface area contributed by atoms with E-state index in [1.165, 1.54) is 6.42 Å². The zero-order valence-electron chi connectivity index (χ0n) is 5.20. The van der Waals surface area contributed by atoms with Gasteiger partial charge in [-0.25, -0.2) is 0 Å². The van der Waals surface area contributed by atoms with E-state index in [2.05, 4.69) is 13.8 Å². The molecule has 1 heteroatoms. The molecular formula is C6H14N. The van der Waals surface area contributed by atoms with Gasteiger partial charge in [-0.15, -0.1) is 0 Å². The molecule has 0 atom stereocenters. The number of nitrogens with two attached hydrogens (primary N) is 1. The summed E-state index contributed by atoms with van der Waals surface area (Å²) in [5.74, 6) is 0. The summed E-state index contributed by atoms with van der Waals surface area (Å²) < 4.78 is 0. The second-order valence-electron chi connectivity index (χ2n) is 1.76. The predicted molar refractivity (Wildman–Crippen MR) is 32.6 cm³/mol. The molecule has 0 saturated heterocycles. The Morgan fingerprint density at radius 1 is 1.43 bits per heavy atom. The molecule has 1 radical (unpaired) electrons. The molecule has 0 aromatic rings. The molecule has 0 aliphatic rings. The second-order valence-corrected chi connectivity index (χ2v) is 1.76. The topological polar surface area (TPSA) is 26.0 Å². The summed E-state index contributed by atoms with van der Waals surface area (Å²) in [5.41, 5.74) is 5.50. The van der Waals surface area contributed by atoms with Gasteiger partial charge in [-0.3, -0.25) is 0 Å². The molecule has 0 amide bonds. The van der Waals surface area contributed by atoms with Gasteiger partial charge < -0.3 is 5.73 Å². The van der Waals surface area contributed by atoms with Crippen LogP contribution in [-0.4, -0.2) is 0 Å². The van der Waals surface area contributed by atoms with Crippen molar-refractivity contribution in [2.45, 2.75) is 33.1 Å². The molecule has 0 aromatic heterocycles. The number of hydrogen-bond acceptors (Lipinski definition) is 1. The molecule has 7 heavy (non-hydrogen) atoms. The van der Waals surface area contributed by atoms with Crippen molar-refractivity contribution in [2.24, 2.45) is 5.73 Å². The molecule has 0 spiro atoms. The SMILES string of the molecule is CCC[C](N)CC. The lowest BCUT2D eigenvalue weighted by molar-refractivity contribution is 0.726. The highest BCUT2D eigenvalue weighted by molar-refractivity contribution is 4.77. The lowest BCUT2D eigenvalue weighted by atomic mass is 10.1. The molecule has 0 aliphatic carbocycles. The van der Waals surface area contributed by atoms with Crippen LogP contribution in [0.25, 0.3) is 0 Å². The van der Waals surface area contributed by atoms with Crippen molar-refractivity contribution in [1.82, 2.24) is 0 Å². The van der Waals surface area contributed by atoms with Crippen molar-refractivity contribution in [3.8, 4) is 0 Å². The first-order valence-corrected chi connectivity index (χ1v) is 2.91. The third-order valence-electron chi connectivity index (χ3n) is 1.03. The van der Waals surface area contributed by atoms with Crippen LogP contribution in [0.15, 0.2) is 0 Å². The fourth-order valence-corrected chi connectivity index (χ4v) is 0.498. The van der Waals surface area contributed by atoms with E-state index >= 15 is 0 Å². The van der Waals surface area contributed by atoms with Crippen LogP contribution in [0.4, 0.5) is 0 Å². The lowest BCUT2D eigenvalue weighted by Gasteiger charge is -2.01. The van der Waals surface area contributed by atoms with Gasteiger partial charge >= 0.3 is 0 Å². The normalized spacial score (nSPS) is 10.3. The van der Waals surface area contributed by atoms with E-state index in [1.54, 1.807) is 0 Å². The van der Waals surface area contributed by atoms with Crippen LogP contribution in [0, 0.1) is 6.04 Å². The average Bonchev–Trinajstić information content (AvgIpc) is 1.68. The van der Waals surface area contributed by atoms with Gasteiger partial charge in [-0.1, -0.05) is 20.3 Å². The third kappa shape index (κ3) is 3.80. The van der Waals surface area contributed by atoms with Crippen LogP contribution in [0.5, 0.6) is 0 Å². The first-order valence-electron chi connectivity index (χ1n) is 2.91. The van der Waals surface area contributed by atoms with Crippen LogP contribution >= 0.6 is 0 Å². The van der Waals surface area contributed by atoms with E-state index in [0.717, 1.165) is 18.9 Å². The van der Waals surface area contributed by atoms with Crippen LogP contribution in [0.2, 0.25) is 0 Å². The van der Waals surface area contributed by atoms with E-state index in [4.69, 9.17) is 5.73 Å². The zero-order chi connectivity index (χ0) is 5.70. The molecule has 0 fully saturated rings. The monoisotopic (exact) mass is 100 g/mol. The Morgan fingerprint density at radius 2 is 2.00 bits per heavy atom. The minimum absolute atomic E-state index is 1.04. The molecule has 0 rings (SSSR count). The first kappa shape index (κ1) is 6.96. The smallest absolute Gasteiger partial charge is 0.0334 e. The summed E-state index contributed by atoms with van der Waals surface area (Å²) in [6.45, 7) is 4.23. The fourth-order valence-electron chi connectivity index (χ4n) is 0.498. The minimum atomic E-state index is 1.04. The molecular weight excluding hydrogens is 86.1 g/mol. The maximum Gasteiger partial charge on any atom is 0.0334 e. The highest BCUT2D eigenvalue weighted by atomic mass is 14.6. The predicted octanol–water partition coefficient (Wildman–Crippen LogP) is 1.69. The van der Waals surface area contributed by atoms with E-state index in [-0.39, 0.29) is 0 Å². The van der Waals surface area contributed by atoms with Crippen LogP contribution < -0.4 is 5.73 Å². The molecule has 0 aliphatic heterocycles. The molecule has 0 saturated carbocycles. The summed E-state index contributed by atoms with van der Waals surface area (Å²) in [5, 5.41) is 0. The number of hydrogen-bond donors (Lipinski definition) is 1. The first-order chi connectivity index (χ1) is 3.31. The van der Waals surface area contributed by atoms with Gasteiger partial charge in [0.25, 0.3) is 0 Å². The van der Waals surface area contributed by atoms with Gasteiger partial charge in [-0.2, -0.15) is 0 Å². The summed E-state index contributed by atoms with van der Waals surface area (Å²) in [6, 6.07) is 1.13. The Labute approximate surface area is 45.9 Å². The maximum atomic E-state index is 5.50. The van der Waals surface area contributed by atoms with E-state index in [9.17, 15) is 0 Å². The van der Waals surface area contributed by atoms with Gasteiger partial charge in [0.05, 0.1) is 0 Å². The van der Waals surface area contributed by atoms with Crippen molar-refractivity contribution >= 4 is 0 Å². The fraction of sp³-hybridized carbons (Fsp3) is 0.833. The molecule has 0 heterocycles. The van der Waals surface area contributed by atoms with Crippen molar-refractivity contribution in [3.05, 3.63) is 6.04 Å². The van der Waals surface area contributed by atoms with Crippen LogP contribution in [-0.2, 0) is 0 Å². The quantitative estimate of drug-likeness (QED) is 0.573. The largest absolute Gasteiger partial charge is 0.324 e. The highest BCUT2D eigenvalue weighted by Crippen LogP contribution is 2.03. The van der Waals surface area contributed by atoms with Crippen LogP contribution in [0.3, 0.4) is 0 Å². The summed E-state index contributed by atoms with van der Waals surface area (Å²) in [7, 11) is 0. The Hall–Kier alpha value is -0.0400. The summed E-state index contributed by atoms with van der Waals surface area (Å²) >= 11 is 0. The van der Waals surface area contributed by atoms with Crippen molar-refractivity contribution < 1.29 is 0 Å². The van der Waals surface area contributed by atoms with E-state index in [0.29, 0.717) is 0 Å². The van der Waals surface area contributed by atoms with Crippen LogP contribution in [0.1, 0.15) is 33.1 Å². The van der Waals surface area contributed by atoms with Gasteiger partial charge in [0.15, 0.2) is 0 Å². The molecule has 43 valence electrons. The molecule has 1 nitrogen and oxygen atoms in total. The third-order valence-corrected chi connectivity index (χ3v) is 1.03. The highest BCUT2D eigenvalue weighted by Gasteiger charge is 1.94. The van der Waals surface area contributed by atoms with Crippen molar-refractivity contribution in [2.75, 3.05) is 0 Å². The molecule has 2 N–H and O–H groups in total. The van der Waals surface area contributed by atoms with Gasteiger partial charge in [0.1, 0.15) is 0 Å². The minimum Gasteiger partial charge on any atom is -0.324 e. The Balaban J connectivity index is 2.83. The Bertz CT molecular complexity index is 35.2. The van der Waals surface area contributed by atoms with Gasteiger partial charge in [-0.05, 0) is 12.8 Å². The average molecular weight is 100 g/mol. The van der Waals surface area contributed by atoms with Gasteiger partial charge in [0.2, 0.25) is 0 Å².